The molecule has 1 N–H and O–H groups in total. The molecule has 2 aliphatic heterocycles. The molecule has 4 rings (SSSR count). The Balaban J connectivity index is 1.40. The van der Waals surface area contributed by atoms with Crippen molar-refractivity contribution in [3.05, 3.63) is 29.1 Å². The molecule has 0 radical (unpaired) electrons. The normalized spacial score (nSPS) is 31.0. The number of halogens is 3. The topological polar surface area (TPSA) is 48.5 Å². The van der Waals surface area contributed by atoms with Crippen LogP contribution in [0.25, 0.3) is 0 Å². The molecule has 8 heteroatoms. The maximum atomic E-state index is 13.1. The van der Waals surface area contributed by atoms with Crippen molar-refractivity contribution in [2.45, 2.75) is 70.4 Å². The minimum atomic E-state index is -4.41. The molecule has 1 aromatic heterocycles. The number of hydrogen-bond acceptors (Lipinski definition) is 4. The predicted octanol–water partition coefficient (Wildman–Crippen LogP) is 2.84. The largest absolute Gasteiger partial charge is 0.417 e. The van der Waals surface area contributed by atoms with Gasteiger partial charge in [0, 0.05) is 68.5 Å². The number of carbonyl (C=O) groups excluding carboxylic acids is 1. The lowest BCUT2D eigenvalue weighted by atomic mass is 10.00. The lowest BCUT2D eigenvalue weighted by Crippen LogP contribution is -2.56. The monoisotopic (exact) mass is 410 g/mol. The Morgan fingerprint density at radius 3 is 2.62 bits per heavy atom. The van der Waals surface area contributed by atoms with Crippen LogP contribution in [0.4, 0.5) is 13.2 Å². The van der Waals surface area contributed by atoms with Crippen molar-refractivity contribution in [1.82, 2.24) is 20.1 Å². The quantitative estimate of drug-likeness (QED) is 0.815. The van der Waals surface area contributed by atoms with Gasteiger partial charge in [0.15, 0.2) is 0 Å². The van der Waals surface area contributed by atoms with Crippen molar-refractivity contribution in [3.63, 3.8) is 0 Å². The van der Waals surface area contributed by atoms with Crippen molar-refractivity contribution in [1.29, 1.82) is 0 Å². The van der Waals surface area contributed by atoms with Gasteiger partial charge in [-0.15, -0.1) is 0 Å². The van der Waals surface area contributed by atoms with Gasteiger partial charge < -0.3 is 10.2 Å². The van der Waals surface area contributed by atoms with Gasteiger partial charge in [-0.1, -0.05) is 0 Å². The van der Waals surface area contributed by atoms with Crippen molar-refractivity contribution >= 4 is 5.91 Å². The summed E-state index contributed by atoms with van der Waals surface area (Å²) >= 11 is 0. The summed E-state index contributed by atoms with van der Waals surface area (Å²) in [5.74, 6) is 0.0626. The van der Waals surface area contributed by atoms with E-state index in [0.717, 1.165) is 44.6 Å². The van der Waals surface area contributed by atoms with Crippen LogP contribution >= 0.6 is 0 Å². The number of nitrogens with one attached hydrogen (secondary N) is 1. The molecule has 29 heavy (non-hydrogen) atoms. The van der Waals surface area contributed by atoms with E-state index in [9.17, 15) is 18.0 Å². The molecule has 0 aromatic carbocycles. The molecule has 0 spiro atoms. The molecule has 1 amide bonds. The molecule has 2 fully saturated rings. The standard InChI is InChI=1S/C21H29F3N4O/c1-13-10-28(11-14(2)26-13)18-4-3-15(8-18)20(29)27-6-5-19-16(12-27)7-17(9-25-19)21(22,23)24/h7,9,13-15,18,26H,3-6,8,10-12H2,1-2H3/t13?,14?,15-,18?/m0/s1. The molecule has 1 saturated carbocycles. The zero-order valence-electron chi connectivity index (χ0n) is 17.0. The number of aromatic nitrogens is 1. The van der Waals surface area contributed by atoms with Crippen LogP contribution in [0.3, 0.4) is 0 Å². The van der Waals surface area contributed by atoms with Crippen LogP contribution in [0.15, 0.2) is 12.3 Å². The molecule has 160 valence electrons. The fourth-order valence-electron chi connectivity index (χ4n) is 5.21. The third kappa shape index (κ3) is 4.43. The number of hydrogen-bond donors (Lipinski definition) is 1. The number of rotatable bonds is 2. The van der Waals surface area contributed by atoms with E-state index in [1.165, 1.54) is 0 Å². The number of fused-ring (bicyclic) bond motifs is 1. The predicted molar refractivity (Wildman–Crippen MR) is 103 cm³/mol. The smallest absolute Gasteiger partial charge is 0.338 e. The SMILES string of the molecule is CC1CN(C2CC[C@H](C(=O)N3CCc4ncc(C(F)(F)F)cc4C3)C2)CC(C)N1. The zero-order chi connectivity index (χ0) is 20.8. The Bertz CT molecular complexity index is 759. The minimum Gasteiger partial charge on any atom is -0.338 e. The van der Waals surface area contributed by atoms with Gasteiger partial charge in [-0.2, -0.15) is 13.2 Å². The minimum absolute atomic E-state index is 0.0270. The molecule has 3 unspecified atom stereocenters. The summed E-state index contributed by atoms with van der Waals surface area (Å²) in [6.45, 7) is 7.14. The Labute approximate surface area is 169 Å². The highest BCUT2D eigenvalue weighted by molar-refractivity contribution is 5.79. The highest BCUT2D eigenvalue weighted by atomic mass is 19.4. The van der Waals surface area contributed by atoms with Crippen LogP contribution in [0.2, 0.25) is 0 Å². The Morgan fingerprint density at radius 1 is 1.21 bits per heavy atom. The maximum absolute atomic E-state index is 13.1. The van der Waals surface area contributed by atoms with Gasteiger partial charge in [-0.3, -0.25) is 14.7 Å². The highest BCUT2D eigenvalue weighted by Gasteiger charge is 2.38. The van der Waals surface area contributed by atoms with Crippen molar-refractivity contribution in [2.75, 3.05) is 19.6 Å². The fraction of sp³-hybridized carbons (Fsp3) is 0.714. The van der Waals surface area contributed by atoms with Crippen molar-refractivity contribution in [2.24, 2.45) is 5.92 Å². The van der Waals surface area contributed by atoms with Crippen molar-refractivity contribution in [3.8, 4) is 0 Å². The van der Waals surface area contributed by atoms with Crippen LogP contribution in [0, 0.1) is 5.92 Å². The van der Waals surface area contributed by atoms with E-state index in [4.69, 9.17) is 0 Å². The third-order valence-electron chi connectivity index (χ3n) is 6.53. The van der Waals surface area contributed by atoms with E-state index < -0.39 is 11.7 Å². The summed E-state index contributed by atoms with van der Waals surface area (Å²) < 4.78 is 39.0. The zero-order valence-corrected chi connectivity index (χ0v) is 17.0. The number of amides is 1. The lowest BCUT2D eigenvalue weighted by molar-refractivity contribution is -0.137. The second-order valence-corrected chi connectivity index (χ2v) is 8.92. The summed E-state index contributed by atoms with van der Waals surface area (Å²) in [4.78, 5) is 21.3. The van der Waals surface area contributed by atoms with E-state index in [0.29, 0.717) is 42.3 Å². The average Bonchev–Trinajstić information content (AvgIpc) is 3.15. The van der Waals surface area contributed by atoms with Gasteiger partial charge in [0.2, 0.25) is 5.91 Å². The lowest BCUT2D eigenvalue weighted by Gasteiger charge is -2.40. The van der Waals surface area contributed by atoms with Gasteiger partial charge in [-0.25, -0.2) is 0 Å². The summed E-state index contributed by atoms with van der Waals surface area (Å²) in [6, 6.07) is 2.47. The maximum Gasteiger partial charge on any atom is 0.417 e. The number of nitrogens with zero attached hydrogens (tertiary/aromatic N) is 3. The Kier molecular flexibility index (Phi) is 5.59. The summed E-state index contributed by atoms with van der Waals surface area (Å²) in [5.41, 5.74) is 0.460. The van der Waals surface area contributed by atoms with E-state index in [1.807, 2.05) is 0 Å². The number of piperazine rings is 1. The third-order valence-corrected chi connectivity index (χ3v) is 6.53. The molecular formula is C21H29F3N4O. The van der Waals surface area contributed by atoms with E-state index >= 15 is 0 Å². The molecule has 3 heterocycles. The number of pyridine rings is 1. The van der Waals surface area contributed by atoms with Gasteiger partial charge in [0.1, 0.15) is 0 Å². The van der Waals surface area contributed by atoms with E-state index in [1.54, 1.807) is 4.90 Å². The van der Waals surface area contributed by atoms with Crippen LogP contribution in [0.1, 0.15) is 49.9 Å². The molecule has 1 saturated heterocycles. The second kappa shape index (κ2) is 7.87. The second-order valence-electron chi connectivity index (χ2n) is 8.92. The first-order valence-electron chi connectivity index (χ1n) is 10.5. The summed E-state index contributed by atoms with van der Waals surface area (Å²) in [6.07, 6.45) is -0.275. The molecule has 1 aromatic rings. The van der Waals surface area contributed by atoms with Gasteiger partial charge in [0.05, 0.1) is 5.56 Å². The number of carbonyl (C=O) groups is 1. The first-order chi connectivity index (χ1) is 13.7. The van der Waals surface area contributed by atoms with Crippen LogP contribution in [0.5, 0.6) is 0 Å². The molecule has 0 bridgehead atoms. The molecule has 5 nitrogen and oxygen atoms in total. The first-order valence-corrected chi connectivity index (χ1v) is 10.5. The summed E-state index contributed by atoms with van der Waals surface area (Å²) in [5, 5.41) is 3.54. The molecular weight excluding hydrogens is 381 g/mol. The molecule has 4 atom stereocenters. The van der Waals surface area contributed by atoms with E-state index in [2.05, 4.69) is 29.0 Å². The average molecular weight is 410 g/mol. The Morgan fingerprint density at radius 2 is 1.93 bits per heavy atom. The van der Waals surface area contributed by atoms with Crippen LogP contribution in [-0.4, -0.2) is 58.5 Å². The Hall–Kier alpha value is -1.67. The fourth-order valence-corrected chi connectivity index (χ4v) is 5.21. The van der Waals surface area contributed by atoms with Gasteiger partial charge in [-0.05, 0) is 44.7 Å². The summed E-state index contributed by atoms with van der Waals surface area (Å²) in [7, 11) is 0. The molecule has 1 aliphatic carbocycles. The van der Waals surface area contributed by atoms with E-state index in [-0.39, 0.29) is 18.4 Å². The molecule has 3 aliphatic rings. The van der Waals surface area contributed by atoms with Crippen LogP contribution in [-0.2, 0) is 23.9 Å². The van der Waals surface area contributed by atoms with Gasteiger partial charge in [0.25, 0.3) is 0 Å². The highest BCUT2D eigenvalue weighted by Crippen LogP contribution is 2.34. The first kappa shape index (κ1) is 20.6. The van der Waals surface area contributed by atoms with Gasteiger partial charge >= 0.3 is 6.18 Å². The number of alkyl halides is 3. The van der Waals surface area contributed by atoms with Crippen molar-refractivity contribution < 1.29 is 18.0 Å². The van der Waals surface area contributed by atoms with Crippen LogP contribution < -0.4 is 5.32 Å².